The Morgan fingerprint density at radius 2 is 1.21 bits per heavy atom. The van der Waals surface area contributed by atoms with E-state index in [9.17, 15) is 28.8 Å². The predicted octanol–water partition coefficient (Wildman–Crippen LogP) is -5.38. The number of amides is 5. The van der Waals surface area contributed by atoms with E-state index in [2.05, 4.69) is 10.6 Å². The molecule has 0 spiro atoms. The second kappa shape index (κ2) is 11.5. The molecule has 0 unspecified atom stereocenters. The third kappa shape index (κ3) is 8.91. The number of aliphatic hydroxyl groups excluding tert-OH is 1. The number of nitrogens with two attached hydrogens (primary N) is 3. The van der Waals surface area contributed by atoms with Gasteiger partial charge in [0.05, 0.1) is 19.4 Å². The van der Waals surface area contributed by atoms with E-state index in [0.717, 1.165) is 6.92 Å². The number of hydrogen-bond donors (Lipinski definition) is 8. The number of nitrogens with one attached hydrogen (secondary N) is 3. The zero-order chi connectivity index (χ0) is 22.0. The quantitative estimate of drug-likeness (QED) is 0.154. The molecule has 4 atom stereocenters. The standard InChI is InChI=1S/C14H24N6O8/c1-5(14(27)28)18-12(25)7(2-9(16)22)20-13(26)8(3-10(17)23)19-11(24)6(15)4-21/h5-8,21H,2-4,15H2,1H3,(H2,16,22)(H2,17,23)(H,18,25)(H,19,24)(H,20,26)(H,27,28)/t5-,6-,7-,8-/m0/s1. The van der Waals surface area contributed by atoms with Gasteiger partial charge in [-0.05, 0) is 6.92 Å². The van der Waals surface area contributed by atoms with Crippen LogP contribution in [0, 0.1) is 0 Å². The summed E-state index contributed by atoms with van der Waals surface area (Å²) in [6, 6.07) is -5.86. The first-order valence-electron chi connectivity index (χ1n) is 7.96. The molecule has 0 saturated heterocycles. The average molecular weight is 404 g/mol. The van der Waals surface area contributed by atoms with Gasteiger partial charge in [0, 0.05) is 0 Å². The van der Waals surface area contributed by atoms with Crippen LogP contribution in [0.25, 0.3) is 0 Å². The van der Waals surface area contributed by atoms with Crippen LogP contribution < -0.4 is 33.2 Å². The molecule has 28 heavy (non-hydrogen) atoms. The summed E-state index contributed by atoms with van der Waals surface area (Å²) in [4.78, 5) is 69.3. The Labute approximate surface area is 159 Å². The minimum Gasteiger partial charge on any atom is -0.480 e. The first kappa shape index (κ1) is 24.7. The van der Waals surface area contributed by atoms with Gasteiger partial charge < -0.3 is 43.4 Å². The van der Waals surface area contributed by atoms with E-state index in [1.165, 1.54) is 0 Å². The number of carbonyl (C=O) groups is 6. The zero-order valence-corrected chi connectivity index (χ0v) is 15.0. The fourth-order valence-electron chi connectivity index (χ4n) is 1.83. The number of carboxylic acids is 1. The van der Waals surface area contributed by atoms with Crippen LogP contribution in [0.3, 0.4) is 0 Å². The van der Waals surface area contributed by atoms with Crippen LogP contribution in [0.15, 0.2) is 0 Å². The Bertz CT molecular complexity index is 639. The minimum atomic E-state index is -1.58. The largest absolute Gasteiger partial charge is 0.480 e. The number of carbonyl (C=O) groups excluding carboxylic acids is 5. The Morgan fingerprint density at radius 1 is 0.821 bits per heavy atom. The third-order valence-corrected chi connectivity index (χ3v) is 3.34. The van der Waals surface area contributed by atoms with Crippen LogP contribution in [0.5, 0.6) is 0 Å². The summed E-state index contributed by atoms with van der Waals surface area (Å²) in [6.45, 7) is 0.409. The molecule has 5 amide bonds. The van der Waals surface area contributed by atoms with E-state index in [1.807, 2.05) is 5.32 Å². The highest BCUT2D eigenvalue weighted by Gasteiger charge is 2.31. The van der Waals surface area contributed by atoms with Crippen LogP contribution in [0.1, 0.15) is 19.8 Å². The van der Waals surface area contributed by atoms with E-state index in [4.69, 9.17) is 27.4 Å². The molecular formula is C14H24N6O8. The van der Waals surface area contributed by atoms with Crippen molar-refractivity contribution >= 4 is 35.5 Å². The SMILES string of the molecule is C[C@H](NC(=O)[C@H](CC(N)=O)NC(=O)[C@H](CC(N)=O)NC(=O)[C@@H](N)CO)C(=O)O. The van der Waals surface area contributed by atoms with Crippen molar-refractivity contribution in [1.29, 1.82) is 0 Å². The maximum Gasteiger partial charge on any atom is 0.325 e. The summed E-state index contributed by atoms with van der Waals surface area (Å²) in [7, 11) is 0. The summed E-state index contributed by atoms with van der Waals surface area (Å²) in [5, 5.41) is 23.9. The van der Waals surface area contributed by atoms with E-state index < -0.39 is 79.1 Å². The molecule has 0 bridgehead atoms. The summed E-state index contributed by atoms with van der Waals surface area (Å²) in [5.41, 5.74) is 15.3. The Balaban J connectivity index is 5.35. The van der Waals surface area contributed by atoms with Crippen molar-refractivity contribution in [1.82, 2.24) is 16.0 Å². The summed E-state index contributed by atoms with van der Waals surface area (Å²) < 4.78 is 0. The maximum absolute atomic E-state index is 12.4. The topological polar surface area (TPSA) is 257 Å². The van der Waals surface area contributed by atoms with Gasteiger partial charge in [0.25, 0.3) is 0 Å². The Morgan fingerprint density at radius 3 is 1.57 bits per heavy atom. The van der Waals surface area contributed by atoms with Gasteiger partial charge in [0.15, 0.2) is 0 Å². The number of hydrogen-bond acceptors (Lipinski definition) is 8. The van der Waals surface area contributed by atoms with E-state index in [-0.39, 0.29) is 0 Å². The molecule has 0 radical (unpaired) electrons. The summed E-state index contributed by atoms with van der Waals surface area (Å²) in [6.07, 6.45) is -1.36. The molecule has 158 valence electrons. The van der Waals surface area contributed by atoms with Gasteiger partial charge in [-0.25, -0.2) is 0 Å². The van der Waals surface area contributed by atoms with Gasteiger partial charge >= 0.3 is 5.97 Å². The number of rotatable bonds is 12. The molecule has 0 heterocycles. The molecule has 0 aromatic rings. The fraction of sp³-hybridized carbons (Fsp3) is 0.571. The molecule has 0 rings (SSSR count). The lowest BCUT2D eigenvalue weighted by Gasteiger charge is -2.23. The van der Waals surface area contributed by atoms with Crippen molar-refractivity contribution in [3.63, 3.8) is 0 Å². The lowest BCUT2D eigenvalue weighted by molar-refractivity contribution is -0.142. The normalized spacial score (nSPS) is 14.7. The zero-order valence-electron chi connectivity index (χ0n) is 15.0. The van der Waals surface area contributed by atoms with Crippen molar-refractivity contribution in [3.8, 4) is 0 Å². The Hall–Kier alpha value is -3.26. The van der Waals surface area contributed by atoms with E-state index >= 15 is 0 Å². The molecule has 0 aromatic heterocycles. The van der Waals surface area contributed by atoms with Crippen molar-refractivity contribution in [3.05, 3.63) is 0 Å². The molecule has 0 saturated carbocycles. The molecule has 0 aliphatic heterocycles. The number of aliphatic hydroxyl groups is 1. The van der Waals surface area contributed by atoms with Gasteiger partial charge in [0.1, 0.15) is 24.2 Å². The first-order chi connectivity index (χ1) is 12.9. The molecule has 14 heteroatoms. The monoisotopic (exact) mass is 404 g/mol. The van der Waals surface area contributed by atoms with Gasteiger partial charge in [-0.15, -0.1) is 0 Å². The predicted molar refractivity (Wildman–Crippen MR) is 91.8 cm³/mol. The summed E-state index contributed by atoms with van der Waals surface area (Å²) in [5.74, 6) is -6.41. The lowest BCUT2D eigenvalue weighted by Crippen LogP contribution is -2.58. The molecule has 0 aliphatic carbocycles. The maximum atomic E-state index is 12.4. The van der Waals surface area contributed by atoms with Crippen molar-refractivity contribution in [2.24, 2.45) is 17.2 Å². The van der Waals surface area contributed by atoms with E-state index in [0.29, 0.717) is 0 Å². The van der Waals surface area contributed by atoms with Crippen LogP contribution in [-0.4, -0.2) is 76.5 Å². The highest BCUT2D eigenvalue weighted by Crippen LogP contribution is 1.99. The number of primary amides is 2. The van der Waals surface area contributed by atoms with Gasteiger partial charge in [-0.2, -0.15) is 0 Å². The highest BCUT2D eigenvalue weighted by atomic mass is 16.4. The van der Waals surface area contributed by atoms with Crippen molar-refractivity contribution in [2.75, 3.05) is 6.61 Å². The van der Waals surface area contributed by atoms with Gasteiger partial charge in [0.2, 0.25) is 29.5 Å². The smallest absolute Gasteiger partial charge is 0.325 e. The molecule has 14 nitrogen and oxygen atoms in total. The first-order valence-corrected chi connectivity index (χ1v) is 7.96. The van der Waals surface area contributed by atoms with Crippen molar-refractivity contribution < 1.29 is 39.0 Å². The average Bonchev–Trinajstić information content (AvgIpc) is 2.58. The minimum absolute atomic E-state index is 0.674. The molecule has 0 fully saturated rings. The molecule has 0 aliphatic rings. The van der Waals surface area contributed by atoms with Crippen LogP contribution >= 0.6 is 0 Å². The molecular weight excluding hydrogens is 380 g/mol. The highest BCUT2D eigenvalue weighted by molar-refractivity contribution is 5.97. The Kier molecular flexibility index (Phi) is 10.1. The number of aliphatic carboxylic acids is 1. The molecule has 0 aromatic carbocycles. The molecule has 11 N–H and O–H groups in total. The second-order valence-electron chi connectivity index (χ2n) is 5.82. The van der Waals surface area contributed by atoms with E-state index in [1.54, 1.807) is 0 Å². The fourth-order valence-corrected chi connectivity index (χ4v) is 1.83. The van der Waals surface area contributed by atoms with Gasteiger partial charge in [-0.3, -0.25) is 28.8 Å². The van der Waals surface area contributed by atoms with Crippen molar-refractivity contribution in [2.45, 2.75) is 43.9 Å². The van der Waals surface area contributed by atoms with Crippen LogP contribution in [-0.2, 0) is 28.8 Å². The summed E-state index contributed by atoms with van der Waals surface area (Å²) >= 11 is 0. The van der Waals surface area contributed by atoms with Crippen LogP contribution in [0.4, 0.5) is 0 Å². The third-order valence-electron chi connectivity index (χ3n) is 3.34. The number of carboxylic acid groups (broad SMARTS) is 1. The van der Waals surface area contributed by atoms with Crippen LogP contribution in [0.2, 0.25) is 0 Å². The second-order valence-corrected chi connectivity index (χ2v) is 5.82. The van der Waals surface area contributed by atoms with Gasteiger partial charge in [-0.1, -0.05) is 0 Å². The lowest BCUT2D eigenvalue weighted by atomic mass is 10.1.